The van der Waals surface area contributed by atoms with Gasteiger partial charge in [0.2, 0.25) is 5.91 Å². The van der Waals surface area contributed by atoms with E-state index in [1.807, 2.05) is 30.3 Å². The lowest BCUT2D eigenvalue weighted by molar-refractivity contribution is -0.131. The average molecular weight is 256 g/mol. The van der Waals surface area contributed by atoms with E-state index in [-0.39, 0.29) is 5.91 Å². The Balaban J connectivity index is 2.66. The van der Waals surface area contributed by atoms with Gasteiger partial charge in [0.05, 0.1) is 6.61 Å². The minimum absolute atomic E-state index is 0.0624. The summed E-state index contributed by atoms with van der Waals surface area (Å²) >= 11 is 5.84. The van der Waals surface area contributed by atoms with E-state index >= 15 is 0 Å². The van der Waals surface area contributed by atoms with Gasteiger partial charge in [0.15, 0.2) is 0 Å². The maximum Gasteiger partial charge on any atom is 0.240 e. The van der Waals surface area contributed by atoms with Crippen molar-refractivity contribution in [3.63, 3.8) is 0 Å². The molecule has 1 atom stereocenters. The zero-order chi connectivity index (χ0) is 12.7. The Morgan fingerprint density at radius 1 is 1.41 bits per heavy atom. The SMILES string of the molecule is COCCN(Cc1ccccc1)C(=O)C(C)Cl. The molecule has 0 saturated heterocycles. The van der Waals surface area contributed by atoms with Gasteiger partial charge in [-0.1, -0.05) is 30.3 Å². The first-order valence-electron chi connectivity index (χ1n) is 5.61. The minimum Gasteiger partial charge on any atom is -0.383 e. The van der Waals surface area contributed by atoms with E-state index in [0.717, 1.165) is 5.56 Å². The summed E-state index contributed by atoms with van der Waals surface area (Å²) < 4.78 is 5.00. The number of carbonyl (C=O) groups is 1. The average Bonchev–Trinajstić information content (AvgIpc) is 2.34. The van der Waals surface area contributed by atoms with Crippen LogP contribution < -0.4 is 0 Å². The van der Waals surface area contributed by atoms with Crippen molar-refractivity contribution in [2.75, 3.05) is 20.3 Å². The Bertz CT molecular complexity index is 341. The van der Waals surface area contributed by atoms with Gasteiger partial charge in [-0.2, -0.15) is 0 Å². The lowest BCUT2D eigenvalue weighted by Crippen LogP contribution is -2.37. The molecule has 94 valence electrons. The van der Waals surface area contributed by atoms with Gasteiger partial charge in [-0.05, 0) is 12.5 Å². The fourth-order valence-electron chi connectivity index (χ4n) is 1.52. The molecule has 0 N–H and O–H groups in total. The van der Waals surface area contributed by atoms with Crippen molar-refractivity contribution < 1.29 is 9.53 Å². The topological polar surface area (TPSA) is 29.5 Å². The van der Waals surface area contributed by atoms with Crippen molar-refractivity contribution in [1.82, 2.24) is 4.90 Å². The molecule has 0 spiro atoms. The van der Waals surface area contributed by atoms with E-state index in [9.17, 15) is 4.79 Å². The molecule has 0 fully saturated rings. The molecular formula is C13H18ClNO2. The summed E-state index contributed by atoms with van der Waals surface area (Å²) in [5.41, 5.74) is 1.09. The van der Waals surface area contributed by atoms with Gasteiger partial charge in [-0.25, -0.2) is 0 Å². The molecule has 4 heteroatoms. The van der Waals surface area contributed by atoms with Crippen LogP contribution in [0.15, 0.2) is 30.3 Å². The number of hydrogen-bond donors (Lipinski definition) is 0. The van der Waals surface area contributed by atoms with E-state index in [2.05, 4.69) is 0 Å². The summed E-state index contributed by atoms with van der Waals surface area (Å²) in [6, 6.07) is 9.85. The summed E-state index contributed by atoms with van der Waals surface area (Å²) in [5, 5.41) is -0.504. The Hall–Kier alpha value is -1.06. The number of methoxy groups -OCH3 is 1. The largest absolute Gasteiger partial charge is 0.383 e. The number of hydrogen-bond acceptors (Lipinski definition) is 2. The summed E-state index contributed by atoms with van der Waals surface area (Å²) in [5.74, 6) is -0.0624. The first-order chi connectivity index (χ1) is 8.15. The quantitative estimate of drug-likeness (QED) is 0.730. The number of alkyl halides is 1. The molecule has 1 unspecified atom stereocenters. The fraction of sp³-hybridized carbons (Fsp3) is 0.462. The monoisotopic (exact) mass is 255 g/mol. The number of carbonyl (C=O) groups excluding carboxylic acids is 1. The van der Waals surface area contributed by atoms with Crippen LogP contribution in [0.1, 0.15) is 12.5 Å². The van der Waals surface area contributed by atoms with Gasteiger partial charge >= 0.3 is 0 Å². The summed E-state index contributed by atoms with van der Waals surface area (Å²) in [6.45, 7) is 3.33. The molecule has 1 amide bonds. The molecule has 0 bridgehead atoms. The third kappa shape index (κ3) is 4.75. The number of amides is 1. The van der Waals surface area contributed by atoms with Gasteiger partial charge < -0.3 is 9.64 Å². The van der Waals surface area contributed by atoms with Crippen LogP contribution in [0.3, 0.4) is 0 Å². The number of halogens is 1. The molecule has 0 radical (unpaired) electrons. The second-order valence-corrected chi connectivity index (χ2v) is 4.51. The van der Waals surface area contributed by atoms with Crippen LogP contribution in [0.2, 0.25) is 0 Å². The summed E-state index contributed by atoms with van der Waals surface area (Å²) in [4.78, 5) is 13.6. The molecule has 1 aromatic rings. The zero-order valence-corrected chi connectivity index (χ0v) is 11.0. The summed E-state index contributed by atoms with van der Waals surface area (Å²) in [6.07, 6.45) is 0. The molecule has 0 aromatic heterocycles. The van der Waals surface area contributed by atoms with Crippen LogP contribution in [0.25, 0.3) is 0 Å². The highest BCUT2D eigenvalue weighted by atomic mass is 35.5. The second-order valence-electron chi connectivity index (χ2n) is 3.85. The fourth-order valence-corrected chi connectivity index (χ4v) is 1.66. The lowest BCUT2D eigenvalue weighted by atomic mass is 10.2. The van der Waals surface area contributed by atoms with Crippen LogP contribution >= 0.6 is 11.6 Å². The van der Waals surface area contributed by atoms with Crippen LogP contribution in [-0.2, 0) is 16.1 Å². The highest BCUT2D eigenvalue weighted by Crippen LogP contribution is 2.08. The number of rotatable bonds is 6. The Kier molecular flexibility index (Phi) is 6.01. The van der Waals surface area contributed by atoms with E-state index in [4.69, 9.17) is 16.3 Å². The molecule has 1 rings (SSSR count). The Morgan fingerprint density at radius 3 is 2.59 bits per heavy atom. The van der Waals surface area contributed by atoms with Crippen molar-refractivity contribution in [3.05, 3.63) is 35.9 Å². The first-order valence-corrected chi connectivity index (χ1v) is 6.04. The maximum absolute atomic E-state index is 11.9. The van der Waals surface area contributed by atoms with E-state index in [0.29, 0.717) is 19.7 Å². The molecule has 17 heavy (non-hydrogen) atoms. The minimum atomic E-state index is -0.504. The molecule has 1 aromatic carbocycles. The molecule has 0 aliphatic rings. The molecule has 0 aliphatic heterocycles. The van der Waals surface area contributed by atoms with Gasteiger partial charge in [-0.3, -0.25) is 4.79 Å². The van der Waals surface area contributed by atoms with Gasteiger partial charge in [0.25, 0.3) is 0 Å². The van der Waals surface area contributed by atoms with E-state index in [1.165, 1.54) is 0 Å². The second kappa shape index (κ2) is 7.30. The van der Waals surface area contributed by atoms with Crippen LogP contribution in [0.4, 0.5) is 0 Å². The zero-order valence-electron chi connectivity index (χ0n) is 10.2. The van der Waals surface area contributed by atoms with Crippen LogP contribution in [-0.4, -0.2) is 36.4 Å². The third-order valence-electron chi connectivity index (χ3n) is 2.43. The van der Waals surface area contributed by atoms with Crippen LogP contribution in [0.5, 0.6) is 0 Å². The first kappa shape index (κ1) is 14.0. The third-order valence-corrected chi connectivity index (χ3v) is 2.62. The van der Waals surface area contributed by atoms with Crippen molar-refractivity contribution in [2.45, 2.75) is 18.8 Å². The van der Waals surface area contributed by atoms with E-state index in [1.54, 1.807) is 18.9 Å². The van der Waals surface area contributed by atoms with Crippen LogP contribution in [0, 0.1) is 0 Å². The highest BCUT2D eigenvalue weighted by Gasteiger charge is 2.18. The van der Waals surface area contributed by atoms with Gasteiger partial charge in [-0.15, -0.1) is 11.6 Å². The Morgan fingerprint density at radius 2 is 2.06 bits per heavy atom. The van der Waals surface area contributed by atoms with Crippen molar-refractivity contribution in [2.24, 2.45) is 0 Å². The Labute approximate surface area is 107 Å². The molecule has 3 nitrogen and oxygen atoms in total. The lowest BCUT2D eigenvalue weighted by Gasteiger charge is -2.23. The molecule has 0 aliphatic carbocycles. The predicted molar refractivity (Wildman–Crippen MR) is 69.1 cm³/mol. The normalized spacial score (nSPS) is 12.2. The highest BCUT2D eigenvalue weighted by molar-refractivity contribution is 6.30. The number of ether oxygens (including phenoxy) is 1. The molecule has 0 saturated carbocycles. The number of benzene rings is 1. The maximum atomic E-state index is 11.9. The molecule has 0 heterocycles. The van der Waals surface area contributed by atoms with Gasteiger partial charge in [0, 0.05) is 20.2 Å². The smallest absolute Gasteiger partial charge is 0.240 e. The van der Waals surface area contributed by atoms with Crippen molar-refractivity contribution >= 4 is 17.5 Å². The van der Waals surface area contributed by atoms with E-state index < -0.39 is 5.38 Å². The summed E-state index contributed by atoms with van der Waals surface area (Å²) in [7, 11) is 1.62. The number of nitrogens with zero attached hydrogens (tertiary/aromatic N) is 1. The predicted octanol–water partition coefficient (Wildman–Crippen LogP) is 2.29. The van der Waals surface area contributed by atoms with Crippen molar-refractivity contribution in [1.29, 1.82) is 0 Å². The van der Waals surface area contributed by atoms with Gasteiger partial charge in [0.1, 0.15) is 5.38 Å². The molecular weight excluding hydrogens is 238 g/mol. The standard InChI is InChI=1S/C13H18ClNO2/c1-11(14)13(16)15(8-9-17-2)10-12-6-4-3-5-7-12/h3-7,11H,8-10H2,1-2H3. The van der Waals surface area contributed by atoms with Crippen molar-refractivity contribution in [3.8, 4) is 0 Å².